The summed E-state index contributed by atoms with van der Waals surface area (Å²) < 4.78 is 29.6. The van der Waals surface area contributed by atoms with Gasteiger partial charge in [-0.15, -0.1) is 0 Å². The van der Waals surface area contributed by atoms with Gasteiger partial charge in [-0.05, 0) is 49.4 Å². The lowest BCUT2D eigenvalue weighted by Crippen LogP contribution is -2.24. The number of hydrogen-bond donors (Lipinski definition) is 2. The number of fused-ring (bicyclic) bond motifs is 1. The van der Waals surface area contributed by atoms with Crippen LogP contribution in [-0.4, -0.2) is 26.0 Å². The van der Waals surface area contributed by atoms with Crippen molar-refractivity contribution in [3.8, 4) is 5.75 Å². The number of carbonyl (C=O) groups excluding carboxylic acids is 1. The maximum absolute atomic E-state index is 12.9. The van der Waals surface area contributed by atoms with Crippen molar-refractivity contribution in [2.45, 2.75) is 18.4 Å². The van der Waals surface area contributed by atoms with E-state index >= 15 is 0 Å². The number of anilines is 1. The number of sulfonamides is 1. The molecule has 28 heavy (non-hydrogen) atoms. The third-order valence-electron chi connectivity index (χ3n) is 4.31. The largest absolute Gasteiger partial charge is 0.497 e. The summed E-state index contributed by atoms with van der Waals surface area (Å²) in [5.74, 6) is -0.0799. The Morgan fingerprint density at radius 1 is 1.18 bits per heavy atom. The van der Waals surface area contributed by atoms with E-state index in [9.17, 15) is 18.0 Å². The van der Waals surface area contributed by atoms with Crippen molar-refractivity contribution >= 4 is 32.5 Å². The van der Waals surface area contributed by atoms with Gasteiger partial charge < -0.3 is 14.6 Å². The molecular weight excluding hydrogens is 382 g/mol. The predicted molar refractivity (Wildman–Crippen MR) is 106 cm³/mol. The standard InChI is InChI=1S/C19H19N3O5S/c1-3-22-11-16(18(23)15-10-13(27-2)6-9-17(15)22)19(24)21-12-4-7-14(8-5-12)28(20,25)26/h4-11H,3H2,1-2H3,(H,21,24)(H2,20,25,26). The average Bonchev–Trinajstić information content (AvgIpc) is 2.67. The molecule has 1 heterocycles. The topological polar surface area (TPSA) is 120 Å². The van der Waals surface area contributed by atoms with Gasteiger partial charge in [-0.25, -0.2) is 13.6 Å². The Balaban J connectivity index is 2.01. The number of carbonyl (C=O) groups is 1. The lowest BCUT2D eigenvalue weighted by Gasteiger charge is -2.13. The van der Waals surface area contributed by atoms with Crippen molar-refractivity contribution in [3.63, 3.8) is 0 Å². The Hall–Kier alpha value is -3.17. The highest BCUT2D eigenvalue weighted by Gasteiger charge is 2.16. The van der Waals surface area contributed by atoms with Gasteiger partial charge >= 0.3 is 0 Å². The minimum absolute atomic E-state index is 0.0295. The Morgan fingerprint density at radius 2 is 1.86 bits per heavy atom. The zero-order valence-electron chi connectivity index (χ0n) is 15.3. The third kappa shape index (κ3) is 3.75. The summed E-state index contributed by atoms with van der Waals surface area (Å²) in [7, 11) is -2.32. The maximum Gasteiger partial charge on any atom is 0.261 e. The molecule has 0 aliphatic carbocycles. The molecule has 2 aromatic carbocycles. The van der Waals surface area contributed by atoms with Crippen LogP contribution in [0, 0.1) is 0 Å². The van der Waals surface area contributed by atoms with E-state index in [2.05, 4.69) is 5.32 Å². The molecule has 0 spiro atoms. The highest BCUT2D eigenvalue weighted by molar-refractivity contribution is 7.89. The van der Waals surface area contributed by atoms with Gasteiger partial charge in [-0.2, -0.15) is 0 Å². The molecule has 0 atom stereocenters. The van der Waals surface area contributed by atoms with E-state index in [1.807, 2.05) is 6.92 Å². The first kappa shape index (κ1) is 19.6. The Labute approximate surface area is 161 Å². The van der Waals surface area contributed by atoms with Crippen LogP contribution in [0.2, 0.25) is 0 Å². The second-order valence-corrected chi connectivity index (χ2v) is 7.63. The molecule has 1 amide bonds. The second kappa shape index (κ2) is 7.45. The zero-order chi connectivity index (χ0) is 20.5. The minimum Gasteiger partial charge on any atom is -0.497 e. The number of rotatable bonds is 5. The van der Waals surface area contributed by atoms with Crippen molar-refractivity contribution < 1.29 is 17.9 Å². The normalized spacial score (nSPS) is 11.4. The van der Waals surface area contributed by atoms with Crippen molar-refractivity contribution in [3.05, 3.63) is 64.4 Å². The Bertz CT molecular complexity index is 1210. The fourth-order valence-corrected chi connectivity index (χ4v) is 3.37. The first-order valence-electron chi connectivity index (χ1n) is 8.40. The van der Waals surface area contributed by atoms with Crippen molar-refractivity contribution in [2.24, 2.45) is 5.14 Å². The molecule has 1 aromatic heterocycles. The number of nitrogens with two attached hydrogens (primary N) is 1. The first-order chi connectivity index (χ1) is 13.2. The summed E-state index contributed by atoms with van der Waals surface area (Å²) in [6.07, 6.45) is 1.51. The molecule has 0 saturated carbocycles. The fourth-order valence-electron chi connectivity index (χ4n) is 2.85. The molecule has 3 aromatic rings. The molecule has 9 heteroatoms. The van der Waals surface area contributed by atoms with E-state index in [-0.39, 0.29) is 10.5 Å². The molecule has 8 nitrogen and oxygen atoms in total. The Morgan fingerprint density at radius 3 is 2.43 bits per heavy atom. The summed E-state index contributed by atoms with van der Waals surface area (Å²) in [6, 6.07) is 10.5. The number of benzene rings is 2. The summed E-state index contributed by atoms with van der Waals surface area (Å²) >= 11 is 0. The molecule has 0 unspecified atom stereocenters. The summed E-state index contributed by atoms with van der Waals surface area (Å²) in [4.78, 5) is 25.5. The van der Waals surface area contributed by atoms with Crippen LogP contribution in [0.15, 0.2) is 58.4 Å². The molecule has 0 bridgehead atoms. The van der Waals surface area contributed by atoms with Gasteiger partial charge in [0.05, 0.1) is 22.9 Å². The van der Waals surface area contributed by atoms with Gasteiger partial charge in [0.2, 0.25) is 15.5 Å². The van der Waals surface area contributed by atoms with Crippen LogP contribution in [0.3, 0.4) is 0 Å². The molecule has 0 saturated heterocycles. The van der Waals surface area contributed by atoms with Crippen LogP contribution in [0.4, 0.5) is 5.69 Å². The lowest BCUT2D eigenvalue weighted by molar-refractivity contribution is 0.102. The molecule has 0 aliphatic heterocycles. The van der Waals surface area contributed by atoms with Gasteiger partial charge in [0.25, 0.3) is 5.91 Å². The molecule has 0 radical (unpaired) electrons. The van der Waals surface area contributed by atoms with E-state index in [0.717, 1.165) is 0 Å². The SMILES string of the molecule is CCn1cc(C(=O)Nc2ccc(S(N)(=O)=O)cc2)c(=O)c2cc(OC)ccc21. The lowest BCUT2D eigenvalue weighted by atomic mass is 10.1. The number of pyridine rings is 1. The van der Waals surface area contributed by atoms with E-state index in [1.165, 1.54) is 37.6 Å². The number of primary sulfonamides is 1. The highest BCUT2D eigenvalue weighted by Crippen LogP contribution is 2.20. The fraction of sp³-hybridized carbons (Fsp3) is 0.158. The van der Waals surface area contributed by atoms with E-state index in [4.69, 9.17) is 9.88 Å². The molecule has 0 fully saturated rings. The Kier molecular flexibility index (Phi) is 5.21. The third-order valence-corrected chi connectivity index (χ3v) is 5.24. The monoisotopic (exact) mass is 401 g/mol. The number of aromatic nitrogens is 1. The number of ether oxygens (including phenoxy) is 1. The second-order valence-electron chi connectivity index (χ2n) is 6.06. The molecule has 3 N–H and O–H groups in total. The summed E-state index contributed by atoms with van der Waals surface area (Å²) in [5.41, 5.74) is 0.586. The van der Waals surface area contributed by atoms with Crippen LogP contribution in [-0.2, 0) is 16.6 Å². The van der Waals surface area contributed by atoms with Crippen LogP contribution < -0.4 is 20.6 Å². The molecule has 146 valence electrons. The van der Waals surface area contributed by atoms with Crippen LogP contribution >= 0.6 is 0 Å². The first-order valence-corrected chi connectivity index (χ1v) is 9.94. The maximum atomic E-state index is 12.9. The van der Waals surface area contributed by atoms with Crippen molar-refractivity contribution in [2.75, 3.05) is 12.4 Å². The van der Waals surface area contributed by atoms with E-state index < -0.39 is 21.4 Å². The summed E-state index contributed by atoms with van der Waals surface area (Å²) in [5, 5.41) is 8.03. The molecule has 3 rings (SSSR count). The predicted octanol–water partition coefficient (Wildman–Crippen LogP) is 1.93. The van der Waals surface area contributed by atoms with Crippen molar-refractivity contribution in [1.82, 2.24) is 4.57 Å². The zero-order valence-corrected chi connectivity index (χ0v) is 16.1. The number of amides is 1. The summed E-state index contributed by atoms with van der Waals surface area (Å²) in [6.45, 7) is 2.47. The molecular formula is C19H19N3O5S. The van der Waals surface area contributed by atoms with Gasteiger partial charge in [-0.1, -0.05) is 0 Å². The number of hydrogen-bond acceptors (Lipinski definition) is 5. The smallest absolute Gasteiger partial charge is 0.261 e. The number of nitrogens with zero attached hydrogens (tertiary/aromatic N) is 1. The van der Waals surface area contributed by atoms with Gasteiger partial charge in [0.1, 0.15) is 11.3 Å². The minimum atomic E-state index is -3.82. The van der Waals surface area contributed by atoms with Gasteiger partial charge in [-0.3, -0.25) is 9.59 Å². The van der Waals surface area contributed by atoms with Crippen molar-refractivity contribution in [1.29, 1.82) is 0 Å². The van der Waals surface area contributed by atoms with E-state index in [1.54, 1.807) is 22.8 Å². The number of nitrogens with one attached hydrogen (secondary N) is 1. The average molecular weight is 401 g/mol. The van der Waals surface area contributed by atoms with Crippen LogP contribution in [0.5, 0.6) is 5.75 Å². The van der Waals surface area contributed by atoms with E-state index in [0.29, 0.717) is 28.9 Å². The van der Waals surface area contributed by atoms with Crippen LogP contribution in [0.1, 0.15) is 17.3 Å². The number of methoxy groups -OCH3 is 1. The van der Waals surface area contributed by atoms with Crippen LogP contribution in [0.25, 0.3) is 10.9 Å². The number of aryl methyl sites for hydroxylation is 1. The van der Waals surface area contributed by atoms with Gasteiger partial charge in [0, 0.05) is 18.4 Å². The van der Waals surface area contributed by atoms with Gasteiger partial charge in [0.15, 0.2) is 0 Å². The quantitative estimate of drug-likeness (QED) is 0.677. The molecule has 0 aliphatic rings. The highest BCUT2D eigenvalue weighted by atomic mass is 32.2.